The van der Waals surface area contributed by atoms with Crippen molar-refractivity contribution in [2.45, 2.75) is 4.90 Å². The number of pyridine rings is 4. The number of hydrogen-bond acceptors (Lipinski definition) is 11. The number of fused-ring (bicyclic) bond motifs is 6. The van der Waals surface area contributed by atoms with Crippen LogP contribution in [0.5, 0.6) is 11.5 Å². The van der Waals surface area contributed by atoms with E-state index >= 15 is 0 Å². The zero-order valence-corrected chi connectivity index (χ0v) is 22.9. The van der Waals surface area contributed by atoms with E-state index in [1.165, 1.54) is 25.5 Å². The number of benzene rings is 2. The van der Waals surface area contributed by atoms with Gasteiger partial charge in [-0.25, -0.2) is 14.4 Å². The highest BCUT2D eigenvalue weighted by Gasteiger charge is 2.16. The lowest BCUT2D eigenvalue weighted by Crippen LogP contribution is -1.97. The molecule has 0 fully saturated rings. The van der Waals surface area contributed by atoms with Crippen LogP contribution in [-0.4, -0.2) is 63.3 Å². The molecule has 0 aliphatic rings. The van der Waals surface area contributed by atoms with Crippen molar-refractivity contribution >= 4 is 67.8 Å². The molecule has 0 aliphatic heterocycles. The number of ether oxygens (including phenoxy) is 2. The van der Waals surface area contributed by atoms with Crippen LogP contribution in [0.4, 0.5) is 4.39 Å². The lowest BCUT2D eigenvalue weighted by Gasteiger charge is -2.12. The molecule has 6 aromatic rings. The summed E-state index contributed by atoms with van der Waals surface area (Å²) in [5.74, 6) is 0.641. The topological polar surface area (TPSA) is 135 Å². The fourth-order valence-electron chi connectivity index (χ4n) is 4.51. The van der Waals surface area contributed by atoms with Gasteiger partial charge in [0.25, 0.3) is 0 Å². The van der Waals surface area contributed by atoms with Crippen molar-refractivity contribution in [3.63, 3.8) is 0 Å². The largest absolute Gasteiger partial charge is 0.496 e. The molecule has 0 aliphatic carbocycles. The number of nitrogens with zero attached hydrogens (tertiary/aromatic N) is 6. The fourth-order valence-corrected chi connectivity index (χ4v) is 5.15. The summed E-state index contributed by atoms with van der Waals surface area (Å²) in [6.45, 7) is 0. The van der Waals surface area contributed by atoms with Crippen LogP contribution in [-0.2, 0) is 0 Å². The Balaban J connectivity index is 0.000000165. The van der Waals surface area contributed by atoms with Crippen LogP contribution in [0, 0.1) is 5.82 Å². The van der Waals surface area contributed by atoms with Gasteiger partial charge in [0.15, 0.2) is 0 Å². The Bertz CT molecular complexity index is 1970. The van der Waals surface area contributed by atoms with E-state index in [1.807, 2.05) is 30.5 Å². The van der Waals surface area contributed by atoms with Crippen molar-refractivity contribution < 1.29 is 24.3 Å². The summed E-state index contributed by atoms with van der Waals surface area (Å²) in [6, 6.07) is 14.1. The van der Waals surface area contributed by atoms with E-state index in [4.69, 9.17) is 19.9 Å². The molecule has 2 aromatic carbocycles. The first kappa shape index (κ1) is 27.5. The minimum atomic E-state index is -0.433. The lowest BCUT2D eigenvalue weighted by atomic mass is 10.1. The molecule has 0 bridgehead atoms. The second-order valence-electron chi connectivity index (χ2n) is 8.52. The van der Waals surface area contributed by atoms with Crippen LogP contribution in [0.25, 0.3) is 43.6 Å². The summed E-state index contributed by atoms with van der Waals surface area (Å²) in [5, 5.41) is 26.2. The molecule has 0 unspecified atom stereocenters. The first-order chi connectivity index (χ1) is 20.0. The molecule has 206 valence electrons. The maximum absolute atomic E-state index is 14.3. The lowest BCUT2D eigenvalue weighted by molar-refractivity contribution is 0.321. The Morgan fingerprint density at radius 3 is 1.85 bits per heavy atom. The molecule has 0 amide bonds. The van der Waals surface area contributed by atoms with Gasteiger partial charge in [0.05, 0.1) is 59.8 Å². The standard InChI is InChI=1S/C15H13N3O2S.C14H10FN3O2/c1-20-11-6-9-4-3-5-16-14(9)15-13(11)12(21-2)7-10(18-15)8-17-19;1-20-11-6-9(7-17-19)18-14-12(11)10(15)5-8-3-2-4-16-13(8)14/h3-8,19H,1-2H3;2-7,19H,1H3/b17-8+;17-7+. The van der Waals surface area contributed by atoms with Crippen LogP contribution in [0.3, 0.4) is 0 Å². The van der Waals surface area contributed by atoms with Gasteiger partial charge in [-0.2, -0.15) is 0 Å². The summed E-state index contributed by atoms with van der Waals surface area (Å²) in [7, 11) is 3.08. The van der Waals surface area contributed by atoms with E-state index < -0.39 is 5.82 Å². The first-order valence-corrected chi connectivity index (χ1v) is 13.3. The van der Waals surface area contributed by atoms with E-state index in [2.05, 4.69) is 30.2 Å². The molecule has 2 N–H and O–H groups in total. The van der Waals surface area contributed by atoms with E-state index in [-0.39, 0.29) is 5.39 Å². The molecule has 4 heterocycles. The highest BCUT2D eigenvalue weighted by atomic mass is 32.2. The number of methoxy groups -OCH3 is 2. The highest BCUT2D eigenvalue weighted by Crippen LogP contribution is 2.37. The molecule has 0 spiro atoms. The van der Waals surface area contributed by atoms with Gasteiger partial charge in [-0.1, -0.05) is 22.4 Å². The van der Waals surface area contributed by atoms with Gasteiger partial charge >= 0.3 is 0 Å². The molecule has 6 rings (SSSR count). The zero-order valence-electron chi connectivity index (χ0n) is 22.1. The van der Waals surface area contributed by atoms with Gasteiger partial charge in [-0.05, 0) is 36.6 Å². The maximum Gasteiger partial charge on any atom is 0.137 e. The Kier molecular flexibility index (Phi) is 8.01. The fraction of sp³-hybridized carbons (Fsp3) is 0.103. The first-order valence-electron chi connectivity index (χ1n) is 12.1. The predicted octanol–water partition coefficient (Wildman–Crippen LogP) is 6.06. The quantitative estimate of drug-likeness (QED) is 0.0833. The molecule has 41 heavy (non-hydrogen) atoms. The molecule has 0 atom stereocenters. The number of oxime groups is 2. The van der Waals surface area contributed by atoms with Crippen LogP contribution in [0.2, 0.25) is 0 Å². The highest BCUT2D eigenvalue weighted by molar-refractivity contribution is 7.98. The Labute approximate surface area is 237 Å². The van der Waals surface area contributed by atoms with E-state index in [0.717, 1.165) is 38.7 Å². The molecule has 0 saturated heterocycles. The molecule has 0 saturated carbocycles. The third kappa shape index (κ3) is 5.24. The Hall–Kier alpha value is -5.10. The predicted molar refractivity (Wildman–Crippen MR) is 158 cm³/mol. The SMILES string of the molecule is COc1cc(/C=N/O)nc2c1c(F)cc1cccnc12.COc1cc2cccnc2c2nc(/C=N/O)cc(SC)c12. The summed E-state index contributed by atoms with van der Waals surface area (Å²) in [6.07, 6.45) is 7.80. The Morgan fingerprint density at radius 2 is 1.29 bits per heavy atom. The minimum Gasteiger partial charge on any atom is -0.496 e. The zero-order chi connectivity index (χ0) is 28.9. The summed E-state index contributed by atoms with van der Waals surface area (Å²) in [5.41, 5.74) is 3.41. The average molecular weight is 571 g/mol. The summed E-state index contributed by atoms with van der Waals surface area (Å²) < 4.78 is 25.0. The van der Waals surface area contributed by atoms with Crippen LogP contribution in [0.1, 0.15) is 11.4 Å². The van der Waals surface area contributed by atoms with Crippen LogP contribution >= 0.6 is 11.8 Å². The minimum absolute atomic E-state index is 0.258. The monoisotopic (exact) mass is 570 g/mol. The molecular formula is C29H23FN6O4S. The molecule has 0 radical (unpaired) electrons. The van der Waals surface area contributed by atoms with E-state index in [9.17, 15) is 4.39 Å². The van der Waals surface area contributed by atoms with Gasteiger partial charge < -0.3 is 19.9 Å². The summed E-state index contributed by atoms with van der Waals surface area (Å²) >= 11 is 1.59. The van der Waals surface area contributed by atoms with Crippen molar-refractivity contribution in [3.05, 3.63) is 78.1 Å². The van der Waals surface area contributed by atoms with Crippen LogP contribution in [0.15, 0.2) is 76.1 Å². The van der Waals surface area contributed by atoms with Crippen molar-refractivity contribution in [1.82, 2.24) is 19.9 Å². The molecule has 4 aromatic heterocycles. The van der Waals surface area contributed by atoms with Crippen molar-refractivity contribution in [2.75, 3.05) is 20.5 Å². The number of halogens is 1. The van der Waals surface area contributed by atoms with Gasteiger partial charge in [-0.15, -0.1) is 11.8 Å². The molecule has 12 heteroatoms. The van der Waals surface area contributed by atoms with Gasteiger partial charge in [0.2, 0.25) is 0 Å². The second kappa shape index (κ2) is 12.0. The van der Waals surface area contributed by atoms with Gasteiger partial charge in [0.1, 0.15) is 28.3 Å². The second-order valence-corrected chi connectivity index (χ2v) is 9.37. The van der Waals surface area contributed by atoms with Crippen molar-refractivity contribution in [2.24, 2.45) is 10.3 Å². The average Bonchev–Trinajstić information content (AvgIpc) is 3.00. The molecular weight excluding hydrogens is 547 g/mol. The smallest absolute Gasteiger partial charge is 0.137 e. The third-order valence-corrected chi connectivity index (χ3v) is 6.99. The van der Waals surface area contributed by atoms with Crippen molar-refractivity contribution in [1.29, 1.82) is 0 Å². The van der Waals surface area contributed by atoms with Crippen LogP contribution < -0.4 is 9.47 Å². The van der Waals surface area contributed by atoms with Gasteiger partial charge in [-0.3, -0.25) is 9.97 Å². The molecule has 10 nitrogen and oxygen atoms in total. The Morgan fingerprint density at radius 1 is 0.756 bits per heavy atom. The van der Waals surface area contributed by atoms with Gasteiger partial charge in [0, 0.05) is 34.1 Å². The summed E-state index contributed by atoms with van der Waals surface area (Å²) in [4.78, 5) is 18.5. The maximum atomic E-state index is 14.3. The number of thioether (sulfide) groups is 1. The van der Waals surface area contributed by atoms with E-state index in [0.29, 0.717) is 33.6 Å². The number of rotatable bonds is 5. The normalized spacial score (nSPS) is 11.5. The number of aromatic nitrogens is 4. The third-order valence-electron chi connectivity index (χ3n) is 6.23. The van der Waals surface area contributed by atoms with Crippen molar-refractivity contribution in [3.8, 4) is 11.5 Å². The van der Waals surface area contributed by atoms with E-state index in [1.54, 1.807) is 43.4 Å². The number of hydrogen-bond donors (Lipinski definition) is 2.